The van der Waals surface area contributed by atoms with E-state index >= 15 is 0 Å². The van der Waals surface area contributed by atoms with Crippen LogP contribution < -0.4 is 4.74 Å². The van der Waals surface area contributed by atoms with Crippen molar-refractivity contribution in [1.29, 1.82) is 0 Å². The number of thiol groups is 1. The van der Waals surface area contributed by atoms with Crippen LogP contribution in [0.15, 0.2) is 63.2 Å². The molecule has 0 fully saturated rings. The molecule has 2 aromatic carbocycles. The number of rotatable bonds is 3. The first-order chi connectivity index (χ1) is 7.79. The summed E-state index contributed by atoms with van der Waals surface area (Å²) in [7, 11) is 1.67. The average Bonchev–Trinajstić information content (AvgIpc) is 2.33. The molecule has 0 atom stereocenters. The smallest absolute Gasteiger partial charge is 0.497 e. The molecule has 0 amide bonds. The zero-order chi connectivity index (χ0) is 11.4. The monoisotopic (exact) mass is 312 g/mol. The molecule has 2 aromatic rings. The van der Waals surface area contributed by atoms with Gasteiger partial charge in [-0.1, -0.05) is 30.0 Å². The van der Waals surface area contributed by atoms with Crippen LogP contribution in [0.3, 0.4) is 0 Å². The van der Waals surface area contributed by atoms with E-state index in [1.165, 1.54) is 4.90 Å². The van der Waals surface area contributed by atoms with E-state index in [4.69, 9.17) is 4.74 Å². The Balaban J connectivity index is 0.00000144. The Labute approximate surface area is 124 Å². The molecule has 0 aliphatic rings. The van der Waals surface area contributed by atoms with Gasteiger partial charge in [0.05, 0.1) is 7.11 Å². The van der Waals surface area contributed by atoms with Gasteiger partial charge in [-0.3, -0.25) is 0 Å². The summed E-state index contributed by atoms with van der Waals surface area (Å²) in [5.74, 6) is 0.858. The minimum atomic E-state index is 0. The maximum absolute atomic E-state index is 5.20. The predicted octanol–water partition coefficient (Wildman–Crippen LogP) is 4.13. The normalized spacial score (nSPS) is 9.53. The molecule has 82 valence electrons. The van der Waals surface area contributed by atoms with Crippen LogP contribution in [0.4, 0.5) is 0 Å². The molecule has 0 heterocycles. The van der Waals surface area contributed by atoms with Gasteiger partial charge in [-0.15, -0.1) is 12.6 Å². The van der Waals surface area contributed by atoms with Crippen LogP contribution in [0.2, 0.25) is 0 Å². The third-order valence-corrected chi connectivity index (χ3v) is 3.74. The van der Waals surface area contributed by atoms with Gasteiger partial charge in [-0.25, -0.2) is 0 Å². The Morgan fingerprint density at radius 3 is 2.41 bits per heavy atom. The van der Waals surface area contributed by atoms with Crippen LogP contribution in [0.25, 0.3) is 0 Å². The Kier molecular flexibility index (Phi) is 6.11. The van der Waals surface area contributed by atoms with Crippen molar-refractivity contribution >= 4 is 24.4 Å². The number of benzene rings is 2. The van der Waals surface area contributed by atoms with Gasteiger partial charge in [0.25, 0.3) is 0 Å². The maximum atomic E-state index is 5.20. The predicted molar refractivity (Wildman–Crippen MR) is 70.8 cm³/mol. The van der Waals surface area contributed by atoms with E-state index in [0.29, 0.717) is 0 Å². The fourth-order valence-electron chi connectivity index (χ4n) is 1.32. The van der Waals surface area contributed by atoms with Gasteiger partial charge < -0.3 is 4.74 Å². The molecular formula is C13H12OS2Zn+2. The molecule has 0 unspecified atom stereocenters. The fraction of sp³-hybridized carbons (Fsp3) is 0.0769. The van der Waals surface area contributed by atoms with E-state index in [-0.39, 0.29) is 19.5 Å². The van der Waals surface area contributed by atoms with Gasteiger partial charge in [0.1, 0.15) is 5.75 Å². The summed E-state index contributed by atoms with van der Waals surface area (Å²) in [5.41, 5.74) is 0. The Hall–Kier alpha value is -0.437. The van der Waals surface area contributed by atoms with E-state index in [2.05, 4.69) is 24.8 Å². The number of hydrogen-bond acceptors (Lipinski definition) is 3. The van der Waals surface area contributed by atoms with Crippen LogP contribution in [0, 0.1) is 0 Å². The van der Waals surface area contributed by atoms with E-state index in [9.17, 15) is 0 Å². The largest absolute Gasteiger partial charge is 2.00 e. The summed E-state index contributed by atoms with van der Waals surface area (Å²) in [6.45, 7) is 0. The van der Waals surface area contributed by atoms with Gasteiger partial charge in [0.15, 0.2) is 0 Å². The molecule has 17 heavy (non-hydrogen) atoms. The molecule has 0 radical (unpaired) electrons. The Morgan fingerprint density at radius 2 is 1.76 bits per heavy atom. The number of hydrogen-bond donors (Lipinski definition) is 1. The SMILES string of the molecule is COc1ccc(S)c(Sc2ccccc2)c1.[Zn+2]. The quantitative estimate of drug-likeness (QED) is 0.674. The van der Waals surface area contributed by atoms with Crippen molar-refractivity contribution in [2.24, 2.45) is 0 Å². The van der Waals surface area contributed by atoms with Crippen molar-refractivity contribution in [3.8, 4) is 5.75 Å². The molecule has 1 nitrogen and oxygen atoms in total. The van der Waals surface area contributed by atoms with Crippen LogP contribution in [0.1, 0.15) is 0 Å². The summed E-state index contributed by atoms with van der Waals surface area (Å²) < 4.78 is 5.20. The van der Waals surface area contributed by atoms with E-state index in [1.807, 2.05) is 36.4 Å². The first-order valence-corrected chi connectivity index (χ1v) is 6.16. The fourth-order valence-corrected chi connectivity index (χ4v) is 2.49. The molecular weight excluding hydrogens is 302 g/mol. The van der Waals surface area contributed by atoms with Crippen LogP contribution >= 0.6 is 24.4 Å². The van der Waals surface area contributed by atoms with Crippen LogP contribution in [-0.4, -0.2) is 7.11 Å². The van der Waals surface area contributed by atoms with Crippen molar-refractivity contribution in [3.05, 3.63) is 48.5 Å². The Morgan fingerprint density at radius 1 is 1.06 bits per heavy atom. The summed E-state index contributed by atoms with van der Waals surface area (Å²) >= 11 is 6.13. The van der Waals surface area contributed by atoms with Gasteiger partial charge in [-0.05, 0) is 30.3 Å². The summed E-state index contributed by atoms with van der Waals surface area (Å²) in [6.07, 6.45) is 0. The van der Waals surface area contributed by atoms with Gasteiger partial charge in [0, 0.05) is 14.7 Å². The molecule has 0 aliphatic carbocycles. The van der Waals surface area contributed by atoms with Crippen molar-refractivity contribution in [1.82, 2.24) is 0 Å². The molecule has 0 aromatic heterocycles. The molecule has 0 saturated carbocycles. The third-order valence-electron chi connectivity index (χ3n) is 2.14. The zero-order valence-corrected chi connectivity index (χ0v) is 14.3. The minimum absolute atomic E-state index is 0. The Bertz CT molecular complexity index is 474. The van der Waals surface area contributed by atoms with Gasteiger partial charge >= 0.3 is 19.5 Å². The van der Waals surface area contributed by atoms with Gasteiger partial charge in [-0.2, -0.15) is 0 Å². The summed E-state index contributed by atoms with van der Waals surface area (Å²) in [6, 6.07) is 16.1. The standard InChI is InChI=1S/C13H12OS2.Zn/c1-14-10-7-8-12(15)13(9-10)16-11-5-3-2-4-6-11;/h2-9,15H,1H3;/q;+2. The second-order valence-electron chi connectivity index (χ2n) is 3.25. The number of methoxy groups -OCH3 is 1. The van der Waals surface area contributed by atoms with Crippen LogP contribution in [-0.2, 0) is 19.5 Å². The van der Waals surface area contributed by atoms with Crippen molar-refractivity contribution < 1.29 is 24.2 Å². The second kappa shape index (κ2) is 7.10. The average molecular weight is 314 g/mol. The topological polar surface area (TPSA) is 9.23 Å². The zero-order valence-electron chi connectivity index (χ0n) is 9.59. The molecule has 0 saturated heterocycles. The maximum Gasteiger partial charge on any atom is 2.00 e. The van der Waals surface area contributed by atoms with Crippen molar-refractivity contribution in [3.63, 3.8) is 0 Å². The molecule has 0 spiro atoms. The van der Waals surface area contributed by atoms with Crippen molar-refractivity contribution in [2.45, 2.75) is 14.7 Å². The minimum Gasteiger partial charge on any atom is -0.497 e. The number of ether oxygens (including phenoxy) is 1. The molecule has 0 aliphatic heterocycles. The first-order valence-electron chi connectivity index (χ1n) is 4.89. The summed E-state index contributed by atoms with van der Waals surface area (Å²) in [4.78, 5) is 3.27. The second-order valence-corrected chi connectivity index (χ2v) is 4.85. The summed E-state index contributed by atoms with van der Waals surface area (Å²) in [5, 5.41) is 0. The van der Waals surface area contributed by atoms with E-state index < -0.39 is 0 Å². The van der Waals surface area contributed by atoms with E-state index in [1.54, 1.807) is 18.9 Å². The third kappa shape index (κ3) is 4.06. The molecule has 4 heteroatoms. The van der Waals surface area contributed by atoms with Gasteiger partial charge in [0.2, 0.25) is 0 Å². The molecule has 0 bridgehead atoms. The molecule has 2 rings (SSSR count). The molecule has 0 N–H and O–H groups in total. The van der Waals surface area contributed by atoms with E-state index in [0.717, 1.165) is 15.5 Å². The van der Waals surface area contributed by atoms with Crippen molar-refractivity contribution in [2.75, 3.05) is 7.11 Å². The van der Waals surface area contributed by atoms with Crippen LogP contribution in [0.5, 0.6) is 5.75 Å². The first kappa shape index (κ1) is 14.6.